The van der Waals surface area contributed by atoms with Crippen molar-refractivity contribution in [2.75, 3.05) is 53.2 Å². The van der Waals surface area contributed by atoms with E-state index < -0.39 is 11.9 Å². The van der Waals surface area contributed by atoms with Crippen molar-refractivity contribution >= 4 is 11.9 Å². The minimum Gasteiger partial charge on any atom is -0.468 e. The Labute approximate surface area is 257 Å². The maximum absolute atomic E-state index is 12.6. The van der Waals surface area contributed by atoms with E-state index in [1.54, 1.807) is 72.8 Å². The van der Waals surface area contributed by atoms with Gasteiger partial charge in [-0.25, -0.2) is 9.59 Å². The number of hydrogen-bond acceptors (Lipinski definition) is 10. The standard InChI is InChI=1S/C34H38O10/c1-3-33(17-37-18-33)21-39-23-41-27-9-5-25(6-10-27)31(35)43-29-13-15-30(16-14-29)44-32(36)26-7-11-28(12-8-26)42-24-40-22-34(4-2)19-38-20-34/h5-16H,3-4,17-24H2,1-2H3. The molecule has 0 amide bonds. The average Bonchev–Trinajstić information content (AvgIpc) is 3.01. The van der Waals surface area contributed by atoms with Gasteiger partial charge in [0.1, 0.15) is 23.0 Å². The maximum atomic E-state index is 12.6. The second-order valence-electron chi connectivity index (χ2n) is 11.2. The van der Waals surface area contributed by atoms with Crippen LogP contribution < -0.4 is 18.9 Å². The van der Waals surface area contributed by atoms with Gasteiger partial charge in [-0.15, -0.1) is 0 Å². The van der Waals surface area contributed by atoms with E-state index in [2.05, 4.69) is 13.8 Å². The van der Waals surface area contributed by atoms with Crippen LogP contribution in [-0.4, -0.2) is 65.2 Å². The molecule has 2 saturated heterocycles. The van der Waals surface area contributed by atoms with Crippen LogP contribution in [0.5, 0.6) is 23.0 Å². The molecule has 0 N–H and O–H groups in total. The molecule has 2 heterocycles. The zero-order valence-electron chi connectivity index (χ0n) is 25.1. The van der Waals surface area contributed by atoms with Crippen LogP contribution in [0.15, 0.2) is 72.8 Å². The number of hydrogen-bond donors (Lipinski definition) is 0. The van der Waals surface area contributed by atoms with E-state index in [9.17, 15) is 9.59 Å². The molecule has 0 aliphatic carbocycles. The minimum atomic E-state index is -0.526. The fraction of sp³-hybridized carbons (Fsp3) is 0.412. The summed E-state index contributed by atoms with van der Waals surface area (Å²) in [4.78, 5) is 25.2. The molecule has 234 valence electrons. The van der Waals surface area contributed by atoms with Gasteiger partial charge in [0.05, 0.1) is 50.8 Å². The molecular weight excluding hydrogens is 568 g/mol. The summed E-state index contributed by atoms with van der Waals surface area (Å²) in [5.41, 5.74) is 0.919. The first kappa shape index (κ1) is 31.5. The normalized spacial score (nSPS) is 16.2. The summed E-state index contributed by atoms with van der Waals surface area (Å²) in [6.07, 6.45) is 1.99. The molecule has 0 bridgehead atoms. The molecule has 0 saturated carbocycles. The second kappa shape index (κ2) is 14.7. The smallest absolute Gasteiger partial charge is 0.343 e. The van der Waals surface area contributed by atoms with Gasteiger partial charge in [-0.2, -0.15) is 0 Å². The molecule has 0 spiro atoms. The summed E-state index contributed by atoms with van der Waals surface area (Å²) < 4.78 is 44.0. The molecule has 3 aromatic rings. The van der Waals surface area contributed by atoms with E-state index in [1.165, 1.54) is 0 Å². The number of esters is 2. The Morgan fingerprint density at radius 3 is 1.20 bits per heavy atom. The Hall–Kier alpha value is -3.96. The summed E-state index contributed by atoms with van der Waals surface area (Å²) in [6.45, 7) is 8.51. The summed E-state index contributed by atoms with van der Waals surface area (Å²) in [6, 6.07) is 19.5. The van der Waals surface area contributed by atoms with E-state index in [1.807, 2.05) is 0 Å². The van der Waals surface area contributed by atoms with Crippen molar-refractivity contribution in [3.05, 3.63) is 83.9 Å². The molecule has 0 radical (unpaired) electrons. The Balaban J connectivity index is 1.02. The van der Waals surface area contributed by atoms with Crippen molar-refractivity contribution in [3.8, 4) is 23.0 Å². The van der Waals surface area contributed by atoms with Gasteiger partial charge in [0.15, 0.2) is 13.6 Å². The molecule has 3 aromatic carbocycles. The lowest BCUT2D eigenvalue weighted by atomic mass is 9.84. The van der Waals surface area contributed by atoms with Gasteiger partial charge in [-0.1, -0.05) is 13.8 Å². The number of carbonyl (C=O) groups is 2. The molecule has 2 aliphatic rings. The molecule has 0 unspecified atom stereocenters. The molecule has 10 heteroatoms. The maximum Gasteiger partial charge on any atom is 0.343 e. The zero-order chi connectivity index (χ0) is 30.8. The Morgan fingerprint density at radius 2 is 0.909 bits per heavy atom. The van der Waals surface area contributed by atoms with Crippen molar-refractivity contribution in [2.45, 2.75) is 26.7 Å². The van der Waals surface area contributed by atoms with Crippen LogP contribution in [0, 0.1) is 10.8 Å². The van der Waals surface area contributed by atoms with Gasteiger partial charge in [-0.05, 0) is 85.6 Å². The number of rotatable bonds is 16. The van der Waals surface area contributed by atoms with Gasteiger partial charge < -0.3 is 37.9 Å². The van der Waals surface area contributed by atoms with Crippen LogP contribution in [0.4, 0.5) is 0 Å². The van der Waals surface area contributed by atoms with Gasteiger partial charge in [0, 0.05) is 10.8 Å². The molecule has 0 atom stereocenters. The van der Waals surface area contributed by atoms with Gasteiger partial charge in [0.2, 0.25) is 0 Å². The second-order valence-corrected chi connectivity index (χ2v) is 11.2. The lowest BCUT2D eigenvalue weighted by Gasteiger charge is -2.40. The quantitative estimate of drug-likeness (QED) is 0.0874. The number of carbonyl (C=O) groups excluding carboxylic acids is 2. The first-order valence-electron chi connectivity index (χ1n) is 14.7. The van der Waals surface area contributed by atoms with E-state index in [4.69, 9.17) is 37.9 Å². The van der Waals surface area contributed by atoms with Gasteiger partial charge >= 0.3 is 11.9 Å². The largest absolute Gasteiger partial charge is 0.468 e. The number of ether oxygens (including phenoxy) is 8. The highest BCUT2D eigenvalue weighted by Gasteiger charge is 2.37. The van der Waals surface area contributed by atoms with Crippen molar-refractivity contribution in [2.24, 2.45) is 10.8 Å². The molecule has 0 aromatic heterocycles. The van der Waals surface area contributed by atoms with Crippen LogP contribution >= 0.6 is 0 Å². The highest BCUT2D eigenvalue weighted by Crippen LogP contribution is 2.32. The van der Waals surface area contributed by atoms with Crippen LogP contribution in [0.3, 0.4) is 0 Å². The average molecular weight is 607 g/mol. The predicted molar refractivity (Wildman–Crippen MR) is 159 cm³/mol. The molecule has 5 rings (SSSR count). The topological polar surface area (TPSA) is 108 Å². The SMILES string of the molecule is CCC1(COCOc2ccc(C(=O)Oc3ccc(OC(=O)c4ccc(OCOCC5(CC)COC5)cc4)cc3)cc2)COC1. The van der Waals surface area contributed by atoms with Crippen molar-refractivity contribution in [3.63, 3.8) is 0 Å². The Bertz CT molecular complexity index is 1240. The third-order valence-electron chi connectivity index (χ3n) is 7.99. The molecule has 44 heavy (non-hydrogen) atoms. The van der Waals surface area contributed by atoms with Gasteiger partial charge in [0.25, 0.3) is 0 Å². The fourth-order valence-corrected chi connectivity index (χ4v) is 4.58. The third-order valence-corrected chi connectivity index (χ3v) is 7.99. The van der Waals surface area contributed by atoms with Gasteiger partial charge in [-0.3, -0.25) is 0 Å². The first-order chi connectivity index (χ1) is 21.4. The van der Waals surface area contributed by atoms with Crippen LogP contribution in [0.2, 0.25) is 0 Å². The summed E-state index contributed by atoms with van der Waals surface area (Å²) in [5.74, 6) is 0.737. The Kier molecular flexibility index (Phi) is 10.5. The van der Waals surface area contributed by atoms with E-state index >= 15 is 0 Å². The van der Waals surface area contributed by atoms with E-state index in [-0.39, 0.29) is 24.4 Å². The Morgan fingerprint density at radius 1 is 0.568 bits per heavy atom. The van der Waals surface area contributed by atoms with Crippen LogP contribution in [0.25, 0.3) is 0 Å². The zero-order valence-corrected chi connectivity index (χ0v) is 25.1. The van der Waals surface area contributed by atoms with Crippen molar-refractivity contribution in [1.82, 2.24) is 0 Å². The predicted octanol–water partition coefficient (Wildman–Crippen LogP) is 5.68. The third kappa shape index (κ3) is 8.15. The molecular formula is C34H38O10. The molecule has 2 aliphatic heterocycles. The first-order valence-corrected chi connectivity index (χ1v) is 14.7. The summed E-state index contributed by atoms with van der Waals surface area (Å²) >= 11 is 0. The highest BCUT2D eigenvalue weighted by molar-refractivity contribution is 5.92. The molecule has 2 fully saturated rings. The fourth-order valence-electron chi connectivity index (χ4n) is 4.58. The highest BCUT2D eigenvalue weighted by atomic mass is 16.7. The van der Waals surface area contributed by atoms with E-state index in [0.29, 0.717) is 73.8 Å². The number of benzene rings is 3. The lowest BCUT2D eigenvalue weighted by molar-refractivity contribution is -0.162. The molecule has 10 nitrogen and oxygen atoms in total. The van der Waals surface area contributed by atoms with E-state index in [0.717, 1.165) is 12.8 Å². The van der Waals surface area contributed by atoms with Crippen molar-refractivity contribution in [1.29, 1.82) is 0 Å². The lowest BCUT2D eigenvalue weighted by Crippen LogP contribution is -2.45. The van der Waals surface area contributed by atoms with Crippen molar-refractivity contribution < 1.29 is 47.5 Å². The minimum absolute atomic E-state index is 0.0963. The van der Waals surface area contributed by atoms with Crippen LogP contribution in [0.1, 0.15) is 47.4 Å². The summed E-state index contributed by atoms with van der Waals surface area (Å²) in [7, 11) is 0. The monoisotopic (exact) mass is 606 g/mol. The summed E-state index contributed by atoms with van der Waals surface area (Å²) in [5, 5.41) is 0. The van der Waals surface area contributed by atoms with Crippen LogP contribution in [-0.2, 0) is 18.9 Å².